The van der Waals surface area contributed by atoms with Crippen molar-refractivity contribution < 1.29 is 14.8 Å². The van der Waals surface area contributed by atoms with Crippen molar-refractivity contribution in [3.8, 4) is 0 Å². The molecule has 76 valence electrons. The maximum Gasteiger partial charge on any atom is 0.432 e. The van der Waals surface area contributed by atoms with Crippen LogP contribution < -0.4 is 5.32 Å². The number of rotatable bonds is 2. The van der Waals surface area contributed by atoms with Gasteiger partial charge in [-0.15, -0.1) is 0 Å². The molecule has 0 radical (unpaired) electrons. The third-order valence-electron chi connectivity index (χ3n) is 1.37. The largest absolute Gasteiger partial charge is 0.432 e. The van der Waals surface area contributed by atoms with Crippen molar-refractivity contribution in [3.05, 3.63) is 35.9 Å². The summed E-state index contributed by atoms with van der Waals surface area (Å²) in [6, 6.07) is 9.19. The Morgan fingerprint density at radius 2 is 1.86 bits per heavy atom. The van der Waals surface area contributed by atoms with Gasteiger partial charge >= 0.3 is 7.69 Å². The SMILES string of the molecule is CCNC(=O)c1ccccc1.OBO. The molecule has 1 rings (SSSR count). The van der Waals surface area contributed by atoms with E-state index in [-0.39, 0.29) is 5.91 Å². The second kappa shape index (κ2) is 8.28. The van der Waals surface area contributed by atoms with E-state index in [9.17, 15) is 4.79 Å². The van der Waals surface area contributed by atoms with Gasteiger partial charge in [-0.05, 0) is 19.1 Å². The van der Waals surface area contributed by atoms with Crippen molar-refractivity contribution in [3.63, 3.8) is 0 Å². The van der Waals surface area contributed by atoms with Gasteiger partial charge in [-0.25, -0.2) is 0 Å². The Bertz CT molecular complexity index is 253. The molecule has 0 aliphatic carbocycles. The maximum atomic E-state index is 11.1. The fourth-order valence-corrected chi connectivity index (χ4v) is 0.852. The topological polar surface area (TPSA) is 69.6 Å². The van der Waals surface area contributed by atoms with Gasteiger partial charge in [0.2, 0.25) is 0 Å². The summed E-state index contributed by atoms with van der Waals surface area (Å²) in [5, 5.41) is 17.0. The van der Waals surface area contributed by atoms with Crippen LogP contribution in [-0.4, -0.2) is 30.2 Å². The molecular weight excluding hydrogens is 181 g/mol. The molecule has 1 aromatic carbocycles. The van der Waals surface area contributed by atoms with Crippen LogP contribution in [0.3, 0.4) is 0 Å². The summed E-state index contributed by atoms with van der Waals surface area (Å²) >= 11 is 0. The first kappa shape index (κ1) is 12.7. The quantitative estimate of drug-likeness (QED) is 0.566. The Morgan fingerprint density at radius 3 is 2.29 bits per heavy atom. The van der Waals surface area contributed by atoms with Crippen LogP contribution in [0, 0.1) is 0 Å². The lowest BCUT2D eigenvalue weighted by molar-refractivity contribution is 0.0956. The second-order valence-electron chi connectivity index (χ2n) is 2.37. The third-order valence-corrected chi connectivity index (χ3v) is 1.37. The lowest BCUT2D eigenvalue weighted by Gasteiger charge is -1.99. The van der Waals surface area contributed by atoms with Gasteiger partial charge in [-0.1, -0.05) is 18.2 Å². The molecule has 0 saturated carbocycles. The van der Waals surface area contributed by atoms with Crippen LogP contribution in [0.5, 0.6) is 0 Å². The van der Waals surface area contributed by atoms with Crippen LogP contribution in [0.15, 0.2) is 30.3 Å². The van der Waals surface area contributed by atoms with Crippen LogP contribution in [0.1, 0.15) is 17.3 Å². The van der Waals surface area contributed by atoms with E-state index in [1.165, 1.54) is 0 Å². The summed E-state index contributed by atoms with van der Waals surface area (Å²) in [6.07, 6.45) is 0. The van der Waals surface area contributed by atoms with Gasteiger partial charge in [0, 0.05) is 12.1 Å². The minimum Gasteiger partial charge on any atom is -0.430 e. The van der Waals surface area contributed by atoms with Gasteiger partial charge in [0.15, 0.2) is 0 Å². The summed E-state index contributed by atoms with van der Waals surface area (Å²) in [4.78, 5) is 11.1. The molecule has 0 bridgehead atoms. The molecule has 0 saturated heterocycles. The van der Waals surface area contributed by atoms with Gasteiger partial charge in [0.1, 0.15) is 0 Å². The average Bonchev–Trinajstić information content (AvgIpc) is 2.21. The lowest BCUT2D eigenvalue weighted by Crippen LogP contribution is -2.22. The molecule has 1 amide bonds. The van der Waals surface area contributed by atoms with Crippen molar-refractivity contribution in [1.82, 2.24) is 5.32 Å². The summed E-state index contributed by atoms with van der Waals surface area (Å²) < 4.78 is 0. The third kappa shape index (κ3) is 5.34. The highest BCUT2D eigenvalue weighted by molar-refractivity contribution is 6.13. The zero-order chi connectivity index (χ0) is 10.8. The predicted molar refractivity (Wildman–Crippen MR) is 56.0 cm³/mol. The highest BCUT2D eigenvalue weighted by atomic mass is 16.4. The number of carbonyl (C=O) groups excluding carboxylic acids is 1. The zero-order valence-electron chi connectivity index (χ0n) is 8.10. The Morgan fingerprint density at radius 1 is 1.36 bits per heavy atom. The normalized spacial score (nSPS) is 8.21. The predicted octanol–water partition coefficient (Wildman–Crippen LogP) is -0.326. The van der Waals surface area contributed by atoms with Gasteiger partial charge in [-0.2, -0.15) is 0 Å². The van der Waals surface area contributed by atoms with Gasteiger partial charge < -0.3 is 15.4 Å². The summed E-state index contributed by atoms with van der Waals surface area (Å²) in [6.45, 7) is 2.58. The Kier molecular flexibility index (Phi) is 7.50. The average molecular weight is 195 g/mol. The van der Waals surface area contributed by atoms with Crippen LogP contribution in [0.4, 0.5) is 0 Å². The van der Waals surface area contributed by atoms with Crippen molar-refractivity contribution in [1.29, 1.82) is 0 Å². The first-order valence-electron chi connectivity index (χ1n) is 4.31. The van der Waals surface area contributed by atoms with Crippen LogP contribution in [-0.2, 0) is 0 Å². The molecular formula is C9H14BNO3. The van der Waals surface area contributed by atoms with E-state index >= 15 is 0 Å². The minimum atomic E-state index is -0.750. The van der Waals surface area contributed by atoms with E-state index in [1.54, 1.807) is 12.1 Å². The number of hydrogen-bond acceptors (Lipinski definition) is 3. The second-order valence-corrected chi connectivity index (χ2v) is 2.37. The summed E-state index contributed by atoms with van der Waals surface area (Å²) in [7, 11) is -0.750. The standard InChI is InChI=1S/C9H11NO.BH3O2/c1-2-10-9(11)8-6-4-3-5-7-8;2-1-3/h3-7H,2H2,1H3,(H,10,11);1-3H. The lowest BCUT2D eigenvalue weighted by atomic mass is 10.2. The highest BCUT2D eigenvalue weighted by Gasteiger charge is 1.99. The number of hydrogen-bond donors (Lipinski definition) is 3. The summed E-state index contributed by atoms with van der Waals surface area (Å²) in [5.74, 6) is -0.00639. The highest BCUT2D eigenvalue weighted by Crippen LogP contribution is 1.96. The molecule has 1 aromatic rings. The number of nitrogens with one attached hydrogen (secondary N) is 1. The number of carbonyl (C=O) groups is 1. The van der Waals surface area contributed by atoms with Crippen molar-refractivity contribution in [2.75, 3.05) is 6.54 Å². The molecule has 3 N–H and O–H groups in total. The Labute approximate surface area is 83.9 Å². The maximum absolute atomic E-state index is 11.1. The monoisotopic (exact) mass is 195 g/mol. The Balaban J connectivity index is 0.000000500. The van der Waals surface area contributed by atoms with Crippen LogP contribution in [0.25, 0.3) is 0 Å². The van der Waals surface area contributed by atoms with Crippen molar-refractivity contribution in [2.24, 2.45) is 0 Å². The molecule has 0 aliphatic heterocycles. The first-order valence-corrected chi connectivity index (χ1v) is 4.31. The van der Waals surface area contributed by atoms with Gasteiger partial charge in [-0.3, -0.25) is 4.79 Å². The molecule has 0 fully saturated rings. The van der Waals surface area contributed by atoms with E-state index in [0.717, 1.165) is 0 Å². The van der Waals surface area contributed by atoms with Crippen LogP contribution in [0.2, 0.25) is 0 Å². The molecule has 5 heteroatoms. The minimum absolute atomic E-state index is 0.00639. The van der Waals surface area contributed by atoms with E-state index in [2.05, 4.69) is 5.32 Å². The smallest absolute Gasteiger partial charge is 0.430 e. The number of benzene rings is 1. The Hall–Kier alpha value is -1.33. The van der Waals surface area contributed by atoms with E-state index in [4.69, 9.17) is 10.0 Å². The molecule has 14 heavy (non-hydrogen) atoms. The first-order chi connectivity index (χ1) is 6.76. The van der Waals surface area contributed by atoms with E-state index in [0.29, 0.717) is 12.1 Å². The molecule has 0 aromatic heterocycles. The fourth-order valence-electron chi connectivity index (χ4n) is 0.852. The summed E-state index contributed by atoms with van der Waals surface area (Å²) in [5.41, 5.74) is 0.717. The van der Waals surface area contributed by atoms with Gasteiger partial charge in [0.05, 0.1) is 0 Å². The number of amides is 1. The van der Waals surface area contributed by atoms with Gasteiger partial charge in [0.25, 0.3) is 5.91 Å². The molecule has 0 atom stereocenters. The van der Waals surface area contributed by atoms with Crippen molar-refractivity contribution >= 4 is 13.6 Å². The molecule has 0 unspecified atom stereocenters. The fraction of sp³-hybridized carbons (Fsp3) is 0.222. The zero-order valence-corrected chi connectivity index (χ0v) is 8.10. The molecule has 4 nitrogen and oxygen atoms in total. The van der Waals surface area contributed by atoms with Crippen molar-refractivity contribution in [2.45, 2.75) is 6.92 Å². The van der Waals surface area contributed by atoms with E-state index < -0.39 is 7.69 Å². The molecule has 0 aliphatic rings. The molecule has 0 spiro atoms. The van der Waals surface area contributed by atoms with E-state index in [1.807, 2.05) is 25.1 Å². The molecule has 0 heterocycles. The van der Waals surface area contributed by atoms with Crippen LogP contribution >= 0.6 is 0 Å².